The molecule has 0 unspecified atom stereocenters. The van der Waals surface area contributed by atoms with Gasteiger partial charge in [-0.05, 0) is 18.9 Å². The van der Waals surface area contributed by atoms with Crippen LogP contribution in [0.4, 0.5) is 0 Å². The zero-order valence-electron chi connectivity index (χ0n) is 5.79. The molecule has 0 fully saturated rings. The van der Waals surface area contributed by atoms with Crippen molar-refractivity contribution in [2.75, 3.05) is 0 Å². The highest BCUT2D eigenvalue weighted by Crippen LogP contribution is 1.96. The lowest BCUT2D eigenvalue weighted by Gasteiger charge is -1.90. The Morgan fingerprint density at radius 1 is 1.78 bits per heavy atom. The third-order valence-electron chi connectivity index (χ3n) is 0.933. The van der Waals surface area contributed by atoms with Gasteiger partial charge in [0.15, 0.2) is 0 Å². The maximum atomic E-state index is 4.91. The minimum Gasteiger partial charge on any atom is -0.387 e. The molecule has 0 rings (SSSR count). The molecule has 0 amide bonds. The van der Waals surface area contributed by atoms with Crippen LogP contribution in [0.25, 0.3) is 0 Å². The second-order valence-corrected chi connectivity index (χ2v) is 1.68. The summed E-state index contributed by atoms with van der Waals surface area (Å²) in [6.07, 6.45) is 3.66. The van der Waals surface area contributed by atoms with Crippen LogP contribution in [0.5, 0.6) is 0 Å². The maximum Gasteiger partial charge on any atom is 0.126 e. The fraction of sp³-hybridized carbons (Fsp3) is 0.500. The molecule has 0 aliphatic rings. The molecule has 0 saturated heterocycles. The molecular formula is C6H12N2O. The van der Waals surface area contributed by atoms with E-state index in [-0.39, 0.29) is 0 Å². The normalized spacial score (nSPS) is 12.4. The first-order valence-corrected chi connectivity index (χ1v) is 2.86. The fourth-order valence-electron chi connectivity index (χ4n) is 0.239. The van der Waals surface area contributed by atoms with E-state index in [0.717, 1.165) is 18.3 Å². The van der Waals surface area contributed by atoms with E-state index >= 15 is 0 Å². The molecule has 0 spiro atoms. The Morgan fingerprint density at radius 2 is 2.44 bits per heavy atom. The number of hydrogen-bond donors (Lipinski definition) is 1. The van der Waals surface area contributed by atoms with Gasteiger partial charge >= 0.3 is 0 Å². The van der Waals surface area contributed by atoms with E-state index in [1.807, 2.05) is 13.8 Å². The second kappa shape index (κ2) is 5.15. The molecule has 2 N–H and O–H groups in total. The number of nitrogens with two attached hydrogens (primary N) is 1. The molecule has 0 aliphatic carbocycles. The van der Waals surface area contributed by atoms with Gasteiger partial charge in [0.2, 0.25) is 0 Å². The maximum absolute atomic E-state index is 4.91. The first kappa shape index (κ1) is 8.01. The van der Waals surface area contributed by atoms with Gasteiger partial charge in [-0.2, -0.15) is 0 Å². The zero-order valence-corrected chi connectivity index (χ0v) is 5.79. The molecule has 0 aromatic rings. The molecule has 0 aliphatic heterocycles. The lowest BCUT2D eigenvalue weighted by atomic mass is 10.3. The Labute approximate surface area is 55.2 Å². The Balaban J connectivity index is 3.43. The highest BCUT2D eigenvalue weighted by molar-refractivity contribution is 5.50. The molecule has 0 radical (unpaired) electrons. The van der Waals surface area contributed by atoms with Crippen molar-refractivity contribution in [3.8, 4) is 0 Å². The van der Waals surface area contributed by atoms with Crippen LogP contribution in [0, 0.1) is 0 Å². The molecule has 0 aromatic heterocycles. The lowest BCUT2D eigenvalue weighted by molar-refractivity contribution is 0.266. The largest absolute Gasteiger partial charge is 0.387 e. The van der Waals surface area contributed by atoms with Crippen LogP contribution in [0.2, 0.25) is 0 Å². The Bertz CT molecular complexity index is 118. The molecule has 0 aromatic carbocycles. The Kier molecular flexibility index (Phi) is 4.59. The third-order valence-corrected chi connectivity index (χ3v) is 0.933. The standard InChI is InChI=1S/C6H12N2O/c1-3-6(2)4-9-8-5-7/h4-5H,3H2,1-2H3,(H2,7,8)/b6-4+. The summed E-state index contributed by atoms with van der Waals surface area (Å²) in [5.74, 6) is 0. The van der Waals surface area contributed by atoms with Gasteiger partial charge in [0.1, 0.15) is 12.6 Å². The van der Waals surface area contributed by atoms with Gasteiger partial charge in [-0.3, -0.25) is 0 Å². The smallest absolute Gasteiger partial charge is 0.126 e. The SMILES string of the molecule is CC/C(C)=C/O/N=C\N. The van der Waals surface area contributed by atoms with Gasteiger partial charge in [0.05, 0.1) is 0 Å². The quantitative estimate of drug-likeness (QED) is 0.269. The fourth-order valence-corrected chi connectivity index (χ4v) is 0.239. The summed E-state index contributed by atoms with van der Waals surface area (Å²) in [5, 5.41) is 3.34. The minimum absolute atomic E-state index is 0.972. The number of hydrogen-bond acceptors (Lipinski definition) is 2. The lowest BCUT2D eigenvalue weighted by Crippen LogP contribution is -1.87. The summed E-state index contributed by atoms with van der Waals surface area (Å²) < 4.78 is 0. The van der Waals surface area contributed by atoms with E-state index in [4.69, 9.17) is 5.73 Å². The van der Waals surface area contributed by atoms with Gasteiger partial charge < -0.3 is 10.6 Å². The van der Waals surface area contributed by atoms with Gasteiger partial charge in [0.25, 0.3) is 0 Å². The van der Waals surface area contributed by atoms with Crippen molar-refractivity contribution in [2.45, 2.75) is 20.3 Å². The van der Waals surface area contributed by atoms with E-state index < -0.39 is 0 Å². The molecule has 0 bridgehead atoms. The summed E-state index contributed by atoms with van der Waals surface area (Å²) >= 11 is 0. The van der Waals surface area contributed by atoms with Crippen molar-refractivity contribution in [1.29, 1.82) is 0 Å². The van der Waals surface area contributed by atoms with E-state index in [2.05, 4.69) is 9.99 Å². The van der Waals surface area contributed by atoms with Crippen LogP contribution in [-0.4, -0.2) is 6.34 Å². The van der Waals surface area contributed by atoms with Gasteiger partial charge in [-0.1, -0.05) is 12.1 Å². The summed E-state index contributed by atoms with van der Waals surface area (Å²) in [4.78, 5) is 4.62. The predicted octanol–water partition coefficient (Wildman–Crippen LogP) is 1.22. The molecule has 9 heavy (non-hydrogen) atoms. The molecule has 0 heterocycles. The van der Waals surface area contributed by atoms with Crippen molar-refractivity contribution >= 4 is 6.34 Å². The first-order valence-electron chi connectivity index (χ1n) is 2.86. The summed E-state index contributed by atoms with van der Waals surface area (Å²) in [6.45, 7) is 4.01. The molecule has 3 nitrogen and oxygen atoms in total. The molecule has 3 heteroatoms. The number of rotatable bonds is 3. The highest BCUT2D eigenvalue weighted by Gasteiger charge is 1.80. The third kappa shape index (κ3) is 4.87. The Morgan fingerprint density at radius 3 is 2.89 bits per heavy atom. The molecule has 52 valence electrons. The van der Waals surface area contributed by atoms with E-state index in [9.17, 15) is 0 Å². The highest BCUT2D eigenvalue weighted by atomic mass is 16.6. The number of oxime groups is 1. The van der Waals surface area contributed by atoms with Gasteiger partial charge in [0, 0.05) is 0 Å². The zero-order chi connectivity index (χ0) is 7.11. The number of nitrogens with zero attached hydrogens (tertiary/aromatic N) is 1. The average Bonchev–Trinajstić information content (AvgIpc) is 1.89. The van der Waals surface area contributed by atoms with Crippen molar-refractivity contribution in [3.05, 3.63) is 11.8 Å². The van der Waals surface area contributed by atoms with Crippen molar-refractivity contribution in [1.82, 2.24) is 0 Å². The summed E-state index contributed by atoms with van der Waals surface area (Å²) in [5.41, 5.74) is 6.05. The van der Waals surface area contributed by atoms with E-state index in [1.165, 1.54) is 0 Å². The van der Waals surface area contributed by atoms with Crippen LogP contribution >= 0.6 is 0 Å². The molecular weight excluding hydrogens is 116 g/mol. The van der Waals surface area contributed by atoms with Crippen LogP contribution in [0.15, 0.2) is 17.0 Å². The molecule has 0 atom stereocenters. The molecule has 0 saturated carbocycles. The summed E-state index contributed by atoms with van der Waals surface area (Å²) in [7, 11) is 0. The average molecular weight is 128 g/mol. The minimum atomic E-state index is 0.972. The van der Waals surface area contributed by atoms with Crippen LogP contribution in [0.3, 0.4) is 0 Å². The van der Waals surface area contributed by atoms with Gasteiger partial charge in [-0.15, -0.1) is 0 Å². The van der Waals surface area contributed by atoms with Crippen LogP contribution < -0.4 is 5.73 Å². The van der Waals surface area contributed by atoms with E-state index in [1.54, 1.807) is 6.26 Å². The topological polar surface area (TPSA) is 47.6 Å². The van der Waals surface area contributed by atoms with Crippen LogP contribution in [0.1, 0.15) is 20.3 Å². The van der Waals surface area contributed by atoms with Crippen molar-refractivity contribution in [2.24, 2.45) is 10.9 Å². The second-order valence-electron chi connectivity index (χ2n) is 1.68. The van der Waals surface area contributed by atoms with Crippen molar-refractivity contribution < 1.29 is 4.84 Å². The summed E-state index contributed by atoms with van der Waals surface area (Å²) in [6, 6.07) is 0. The first-order chi connectivity index (χ1) is 4.31. The monoisotopic (exact) mass is 128 g/mol. The van der Waals surface area contributed by atoms with Crippen molar-refractivity contribution in [3.63, 3.8) is 0 Å². The van der Waals surface area contributed by atoms with Crippen LogP contribution in [-0.2, 0) is 4.84 Å². The van der Waals surface area contributed by atoms with E-state index in [0.29, 0.717) is 0 Å². The predicted molar refractivity (Wildman–Crippen MR) is 37.8 cm³/mol. The number of allylic oxidation sites excluding steroid dienone is 1. The van der Waals surface area contributed by atoms with Gasteiger partial charge in [-0.25, -0.2) is 0 Å². The Hall–Kier alpha value is -0.990.